The number of carbonyl (C=O) groups is 1. The molecule has 0 aromatic carbocycles. The Balaban J connectivity index is 2.70. The lowest BCUT2D eigenvalue weighted by Crippen LogP contribution is -2.28. The van der Waals surface area contributed by atoms with Gasteiger partial charge in [0.1, 0.15) is 6.10 Å². The standard InChI is InChI=1S/C10H11F5O2/c11-8(12)7(10(13,14)15)9(16)17-6-4-2-1-3-5-6/h6H,1-5H2. The van der Waals surface area contributed by atoms with Crippen LogP contribution in [0, 0.1) is 0 Å². The molecule has 17 heavy (non-hydrogen) atoms. The van der Waals surface area contributed by atoms with Crippen LogP contribution in [-0.2, 0) is 9.53 Å². The van der Waals surface area contributed by atoms with E-state index in [-0.39, 0.29) is 0 Å². The first-order valence-corrected chi connectivity index (χ1v) is 5.16. The zero-order valence-electron chi connectivity index (χ0n) is 8.82. The van der Waals surface area contributed by atoms with Gasteiger partial charge in [0.15, 0.2) is 0 Å². The van der Waals surface area contributed by atoms with Crippen molar-refractivity contribution in [2.45, 2.75) is 44.4 Å². The van der Waals surface area contributed by atoms with E-state index in [1.165, 1.54) is 0 Å². The molecule has 7 heteroatoms. The number of hydrogen-bond acceptors (Lipinski definition) is 2. The molecule has 0 aliphatic heterocycles. The molecule has 0 N–H and O–H groups in total. The van der Waals surface area contributed by atoms with Crippen LogP contribution in [0.1, 0.15) is 32.1 Å². The second kappa shape index (κ2) is 5.46. The SMILES string of the molecule is O=C(OC1CCCCC1)C(=C(F)F)C(F)(F)F. The van der Waals surface area contributed by atoms with Crippen LogP contribution in [0.3, 0.4) is 0 Å². The summed E-state index contributed by atoms with van der Waals surface area (Å²) in [5, 5.41) is 0. The van der Waals surface area contributed by atoms with Gasteiger partial charge in [-0.05, 0) is 25.7 Å². The van der Waals surface area contributed by atoms with Gasteiger partial charge in [-0.15, -0.1) is 0 Å². The molecule has 0 unspecified atom stereocenters. The van der Waals surface area contributed by atoms with Gasteiger partial charge in [-0.1, -0.05) is 6.42 Å². The molecule has 0 saturated heterocycles. The van der Waals surface area contributed by atoms with Crippen LogP contribution in [0.4, 0.5) is 22.0 Å². The summed E-state index contributed by atoms with van der Waals surface area (Å²) in [6.07, 6.45) is -5.93. The van der Waals surface area contributed by atoms with Crippen molar-refractivity contribution < 1.29 is 31.5 Å². The number of carbonyl (C=O) groups excluding carboxylic acids is 1. The average molecular weight is 258 g/mol. The molecule has 1 fully saturated rings. The number of hydrogen-bond donors (Lipinski definition) is 0. The molecular weight excluding hydrogens is 247 g/mol. The Morgan fingerprint density at radius 1 is 1.06 bits per heavy atom. The minimum atomic E-state index is -5.38. The minimum absolute atomic E-state index is 0.421. The Kier molecular flexibility index (Phi) is 4.47. The summed E-state index contributed by atoms with van der Waals surface area (Å²) >= 11 is 0. The van der Waals surface area contributed by atoms with Crippen molar-refractivity contribution in [3.63, 3.8) is 0 Å². The number of halogens is 5. The van der Waals surface area contributed by atoms with Gasteiger partial charge >= 0.3 is 12.1 Å². The van der Waals surface area contributed by atoms with Crippen molar-refractivity contribution in [3.05, 3.63) is 11.7 Å². The van der Waals surface area contributed by atoms with Crippen molar-refractivity contribution in [2.75, 3.05) is 0 Å². The van der Waals surface area contributed by atoms with Gasteiger partial charge < -0.3 is 4.74 Å². The van der Waals surface area contributed by atoms with E-state index >= 15 is 0 Å². The lowest BCUT2D eigenvalue weighted by Gasteiger charge is -2.22. The highest BCUT2D eigenvalue weighted by atomic mass is 19.4. The molecule has 98 valence electrons. The van der Waals surface area contributed by atoms with Crippen molar-refractivity contribution in [1.29, 1.82) is 0 Å². The molecule has 0 bridgehead atoms. The minimum Gasteiger partial charge on any atom is -0.459 e. The maximum absolute atomic E-state index is 12.1. The van der Waals surface area contributed by atoms with Crippen molar-refractivity contribution >= 4 is 5.97 Å². The first-order chi connectivity index (χ1) is 7.82. The Bertz CT molecular complexity index is 311. The van der Waals surface area contributed by atoms with Crippen molar-refractivity contribution in [1.82, 2.24) is 0 Å². The molecule has 0 spiro atoms. The van der Waals surface area contributed by atoms with Gasteiger partial charge in [0, 0.05) is 0 Å². The Morgan fingerprint density at radius 2 is 1.59 bits per heavy atom. The van der Waals surface area contributed by atoms with E-state index in [1.807, 2.05) is 0 Å². The van der Waals surface area contributed by atoms with Crippen molar-refractivity contribution in [3.8, 4) is 0 Å². The van der Waals surface area contributed by atoms with E-state index in [2.05, 4.69) is 4.74 Å². The molecule has 2 nitrogen and oxygen atoms in total. The molecule has 1 aliphatic rings. The first-order valence-electron chi connectivity index (χ1n) is 5.16. The second-order valence-corrected chi connectivity index (χ2v) is 3.80. The predicted molar refractivity (Wildman–Crippen MR) is 48.3 cm³/mol. The summed E-state index contributed by atoms with van der Waals surface area (Å²) in [6, 6.07) is 0. The monoisotopic (exact) mass is 258 g/mol. The van der Waals surface area contributed by atoms with Crippen LogP contribution in [0.2, 0.25) is 0 Å². The van der Waals surface area contributed by atoms with Crippen LogP contribution in [0.15, 0.2) is 11.7 Å². The number of ether oxygens (including phenoxy) is 1. The van der Waals surface area contributed by atoms with E-state index in [0.29, 0.717) is 12.8 Å². The summed E-state index contributed by atoms with van der Waals surface area (Å²) in [5.74, 6) is -1.98. The molecule has 1 aliphatic carbocycles. The number of alkyl halides is 3. The van der Waals surface area contributed by atoms with Crippen LogP contribution >= 0.6 is 0 Å². The smallest absolute Gasteiger partial charge is 0.428 e. The van der Waals surface area contributed by atoms with E-state index in [4.69, 9.17) is 0 Å². The first kappa shape index (κ1) is 13.9. The summed E-state index contributed by atoms with van der Waals surface area (Å²) in [5.41, 5.74) is -2.50. The van der Waals surface area contributed by atoms with E-state index in [9.17, 15) is 26.7 Å². The zero-order chi connectivity index (χ0) is 13.1. The fourth-order valence-electron chi connectivity index (χ4n) is 1.69. The van der Waals surface area contributed by atoms with Gasteiger partial charge in [-0.2, -0.15) is 22.0 Å². The second-order valence-electron chi connectivity index (χ2n) is 3.80. The van der Waals surface area contributed by atoms with Gasteiger partial charge in [0.05, 0.1) is 0 Å². The fourth-order valence-corrected chi connectivity index (χ4v) is 1.69. The number of rotatable bonds is 2. The lowest BCUT2D eigenvalue weighted by atomic mass is 9.98. The third-order valence-electron chi connectivity index (χ3n) is 2.50. The molecule has 0 heterocycles. The molecule has 0 aromatic rings. The summed E-state index contributed by atoms with van der Waals surface area (Å²) in [6.45, 7) is 0. The number of esters is 1. The van der Waals surface area contributed by atoms with E-state index < -0.39 is 29.9 Å². The Morgan fingerprint density at radius 3 is 2.00 bits per heavy atom. The molecule has 0 amide bonds. The zero-order valence-corrected chi connectivity index (χ0v) is 8.82. The highest BCUT2D eigenvalue weighted by Crippen LogP contribution is 2.31. The topological polar surface area (TPSA) is 26.3 Å². The summed E-state index contributed by atoms with van der Waals surface area (Å²) < 4.78 is 65.0. The Labute approximate surface area is 94.4 Å². The fraction of sp³-hybridized carbons (Fsp3) is 0.700. The van der Waals surface area contributed by atoms with Gasteiger partial charge in [-0.25, -0.2) is 4.79 Å². The van der Waals surface area contributed by atoms with E-state index in [1.54, 1.807) is 0 Å². The maximum Gasteiger partial charge on any atom is 0.428 e. The third-order valence-corrected chi connectivity index (χ3v) is 2.50. The van der Waals surface area contributed by atoms with Gasteiger partial charge in [-0.3, -0.25) is 0 Å². The van der Waals surface area contributed by atoms with Crippen LogP contribution in [0.5, 0.6) is 0 Å². The maximum atomic E-state index is 12.1. The molecule has 1 rings (SSSR count). The highest BCUT2D eigenvalue weighted by Gasteiger charge is 2.44. The van der Waals surface area contributed by atoms with Crippen LogP contribution < -0.4 is 0 Å². The lowest BCUT2D eigenvalue weighted by molar-refractivity contribution is -0.157. The Hall–Kier alpha value is -1.14. The van der Waals surface area contributed by atoms with Crippen molar-refractivity contribution in [2.24, 2.45) is 0 Å². The average Bonchev–Trinajstić information content (AvgIpc) is 2.15. The largest absolute Gasteiger partial charge is 0.459 e. The molecule has 0 aromatic heterocycles. The summed E-state index contributed by atoms with van der Waals surface area (Å²) in [7, 11) is 0. The molecule has 0 atom stereocenters. The molecule has 1 saturated carbocycles. The highest BCUT2D eigenvalue weighted by molar-refractivity contribution is 5.90. The van der Waals surface area contributed by atoms with E-state index in [0.717, 1.165) is 19.3 Å². The van der Waals surface area contributed by atoms with Gasteiger partial charge in [0.2, 0.25) is 5.57 Å². The van der Waals surface area contributed by atoms with Gasteiger partial charge in [0.25, 0.3) is 6.08 Å². The predicted octanol–water partition coefficient (Wildman–Crippen LogP) is 3.58. The quantitative estimate of drug-likeness (QED) is 0.430. The third kappa shape index (κ3) is 3.98. The normalized spacial score (nSPS) is 17.7. The molecule has 0 radical (unpaired) electrons. The summed E-state index contributed by atoms with van der Waals surface area (Å²) in [4.78, 5) is 11.0. The molecular formula is C10H11F5O2. The van der Waals surface area contributed by atoms with Crippen LogP contribution in [-0.4, -0.2) is 18.2 Å². The van der Waals surface area contributed by atoms with Crippen LogP contribution in [0.25, 0.3) is 0 Å².